The number of ether oxygens (including phenoxy) is 1. The first-order valence-electron chi connectivity index (χ1n) is 12.9. The van der Waals surface area contributed by atoms with Crippen LogP contribution in [0.5, 0.6) is 5.75 Å². The van der Waals surface area contributed by atoms with Gasteiger partial charge in [-0.15, -0.1) is 0 Å². The number of carbonyl (C=O) groups is 1. The van der Waals surface area contributed by atoms with Gasteiger partial charge in [0.1, 0.15) is 10.9 Å². The molecule has 0 saturated carbocycles. The second kappa shape index (κ2) is 12.9. The second-order valence-corrected chi connectivity index (χ2v) is 10.00. The van der Waals surface area contributed by atoms with Gasteiger partial charge in [-0.2, -0.15) is 0 Å². The summed E-state index contributed by atoms with van der Waals surface area (Å²) < 4.78 is 5.37. The first kappa shape index (κ1) is 26.9. The van der Waals surface area contributed by atoms with Gasteiger partial charge in [-0.1, -0.05) is 17.7 Å². The smallest absolute Gasteiger partial charge is 0.254 e. The molecule has 0 radical (unpaired) electrons. The molecule has 0 bridgehead atoms. The molecule has 4 rings (SSSR count). The number of nitrogens with one attached hydrogen (secondary N) is 1. The van der Waals surface area contributed by atoms with Crippen LogP contribution in [0.15, 0.2) is 61.1 Å². The summed E-state index contributed by atoms with van der Waals surface area (Å²) >= 11 is 6.14. The molecule has 7 nitrogen and oxygen atoms in total. The molecule has 1 N–H and O–H groups in total. The molecule has 1 fully saturated rings. The van der Waals surface area contributed by atoms with E-state index in [2.05, 4.69) is 50.2 Å². The van der Waals surface area contributed by atoms with Gasteiger partial charge in [0.2, 0.25) is 0 Å². The molecule has 196 valence electrons. The van der Waals surface area contributed by atoms with Crippen LogP contribution in [-0.2, 0) is 6.54 Å². The van der Waals surface area contributed by atoms with Crippen LogP contribution in [0.1, 0.15) is 47.7 Å². The summed E-state index contributed by atoms with van der Waals surface area (Å²) in [6, 6.07) is 15.1. The summed E-state index contributed by atoms with van der Waals surface area (Å²) in [4.78, 5) is 26.0. The average molecular weight is 522 g/mol. The third-order valence-electron chi connectivity index (χ3n) is 7.23. The number of halogens is 1. The van der Waals surface area contributed by atoms with Crippen LogP contribution in [-0.4, -0.2) is 59.6 Å². The highest BCUT2D eigenvalue weighted by Gasteiger charge is 2.27. The molecule has 8 heteroatoms. The minimum Gasteiger partial charge on any atom is -0.497 e. The van der Waals surface area contributed by atoms with E-state index >= 15 is 0 Å². The van der Waals surface area contributed by atoms with E-state index in [0.717, 1.165) is 50.2 Å². The molecular formula is C29H36ClN5O2. The van der Waals surface area contributed by atoms with Crippen LogP contribution >= 0.6 is 11.6 Å². The van der Waals surface area contributed by atoms with Crippen molar-refractivity contribution in [2.24, 2.45) is 0 Å². The topological polar surface area (TPSA) is 70.6 Å². The number of piperidine rings is 1. The molecule has 0 spiro atoms. The van der Waals surface area contributed by atoms with Crippen molar-refractivity contribution in [3.05, 3.63) is 82.9 Å². The number of hydrogen-bond acceptors (Lipinski definition) is 6. The molecule has 0 aliphatic carbocycles. The third kappa shape index (κ3) is 6.99. The number of likely N-dealkylation sites (tertiary alicyclic amines) is 1. The Bertz CT molecular complexity index is 1130. The fourth-order valence-corrected chi connectivity index (χ4v) is 5.29. The molecule has 1 aromatic carbocycles. The Labute approximate surface area is 224 Å². The Kier molecular flexibility index (Phi) is 9.36. The number of anilines is 1. The monoisotopic (exact) mass is 521 g/mol. The van der Waals surface area contributed by atoms with Crippen molar-refractivity contribution < 1.29 is 9.53 Å². The number of rotatable bonds is 10. The van der Waals surface area contributed by atoms with Crippen molar-refractivity contribution in [1.82, 2.24) is 20.2 Å². The molecule has 2 aromatic heterocycles. The van der Waals surface area contributed by atoms with E-state index < -0.39 is 0 Å². The highest BCUT2D eigenvalue weighted by molar-refractivity contribution is 6.32. The number of methoxy groups -OCH3 is 1. The van der Waals surface area contributed by atoms with Gasteiger partial charge in [0.25, 0.3) is 5.91 Å². The SMILES string of the molecule is COc1ccc(N(Cc2cccnc2)C2CCN(C(C)CCNC(=O)c3c(C)ccnc3Cl)CC2)cc1. The molecule has 3 heterocycles. The van der Waals surface area contributed by atoms with Crippen LogP contribution in [0.4, 0.5) is 5.69 Å². The lowest BCUT2D eigenvalue weighted by molar-refractivity contribution is 0.0944. The third-order valence-corrected chi connectivity index (χ3v) is 7.52. The van der Waals surface area contributed by atoms with Crippen molar-refractivity contribution in [1.29, 1.82) is 0 Å². The van der Waals surface area contributed by atoms with E-state index in [9.17, 15) is 4.79 Å². The van der Waals surface area contributed by atoms with Crippen LogP contribution in [0.2, 0.25) is 5.15 Å². The zero-order valence-electron chi connectivity index (χ0n) is 21.9. The van der Waals surface area contributed by atoms with Gasteiger partial charge >= 0.3 is 0 Å². The van der Waals surface area contributed by atoms with E-state index in [1.165, 1.54) is 11.3 Å². The van der Waals surface area contributed by atoms with Crippen LogP contribution in [0.3, 0.4) is 0 Å². The highest BCUT2D eigenvalue weighted by Crippen LogP contribution is 2.28. The molecule has 1 saturated heterocycles. The number of nitrogens with zero attached hydrogens (tertiary/aromatic N) is 4. The number of amides is 1. The summed E-state index contributed by atoms with van der Waals surface area (Å²) in [5.41, 5.74) is 3.70. The van der Waals surface area contributed by atoms with Gasteiger partial charge in [-0.25, -0.2) is 4.98 Å². The van der Waals surface area contributed by atoms with Gasteiger partial charge in [-0.3, -0.25) is 9.78 Å². The van der Waals surface area contributed by atoms with Crippen molar-refractivity contribution in [2.75, 3.05) is 31.6 Å². The fourth-order valence-electron chi connectivity index (χ4n) is 4.99. The van der Waals surface area contributed by atoms with E-state index in [-0.39, 0.29) is 11.1 Å². The van der Waals surface area contributed by atoms with Gasteiger partial charge in [0.15, 0.2) is 0 Å². The molecule has 1 atom stereocenters. The summed E-state index contributed by atoms with van der Waals surface area (Å²) in [7, 11) is 1.69. The Balaban J connectivity index is 1.32. The number of aryl methyl sites for hydroxylation is 1. The molecule has 3 aromatic rings. The number of benzene rings is 1. The molecule has 1 aliphatic rings. The normalized spacial score (nSPS) is 15.2. The lowest BCUT2D eigenvalue weighted by Crippen LogP contribution is -2.48. The Hall–Kier alpha value is -3.16. The lowest BCUT2D eigenvalue weighted by atomic mass is 9.99. The van der Waals surface area contributed by atoms with Gasteiger partial charge < -0.3 is 19.9 Å². The summed E-state index contributed by atoms with van der Waals surface area (Å²) in [6.07, 6.45) is 8.41. The largest absolute Gasteiger partial charge is 0.497 e. The van der Waals surface area contributed by atoms with E-state index in [1.807, 2.05) is 37.5 Å². The maximum Gasteiger partial charge on any atom is 0.254 e. The number of pyridine rings is 2. The Morgan fingerprint density at radius 2 is 1.95 bits per heavy atom. The van der Waals surface area contributed by atoms with Crippen molar-refractivity contribution in [2.45, 2.75) is 51.7 Å². The molecule has 1 amide bonds. The van der Waals surface area contributed by atoms with Gasteiger partial charge in [0.05, 0.1) is 12.7 Å². The minimum atomic E-state index is -0.160. The fraction of sp³-hybridized carbons (Fsp3) is 0.414. The molecule has 37 heavy (non-hydrogen) atoms. The first-order valence-corrected chi connectivity index (χ1v) is 13.3. The number of hydrogen-bond donors (Lipinski definition) is 1. The predicted octanol–water partition coefficient (Wildman–Crippen LogP) is 5.13. The predicted molar refractivity (Wildman–Crippen MR) is 148 cm³/mol. The maximum atomic E-state index is 12.6. The molecule has 1 unspecified atom stereocenters. The highest BCUT2D eigenvalue weighted by atomic mass is 35.5. The average Bonchev–Trinajstić information content (AvgIpc) is 2.92. The van der Waals surface area contributed by atoms with E-state index in [0.29, 0.717) is 24.2 Å². The standard InChI is InChI=1S/C29H36ClN5O2/c1-21-10-15-32-28(30)27(21)29(36)33-16-11-22(2)34-17-12-25(13-18-34)35(20-23-5-4-14-31-19-23)24-6-8-26(37-3)9-7-24/h4-10,14-15,19,22,25H,11-13,16-18,20H2,1-3H3,(H,33,36). The van der Waals surface area contributed by atoms with E-state index in [1.54, 1.807) is 19.4 Å². The summed E-state index contributed by atoms with van der Waals surface area (Å²) in [5.74, 6) is 0.703. The van der Waals surface area contributed by atoms with Crippen LogP contribution < -0.4 is 15.0 Å². The maximum absolute atomic E-state index is 12.6. The number of carbonyl (C=O) groups excluding carboxylic acids is 1. The van der Waals surface area contributed by atoms with Crippen molar-refractivity contribution >= 4 is 23.2 Å². The quantitative estimate of drug-likeness (QED) is 0.373. The summed E-state index contributed by atoms with van der Waals surface area (Å²) in [5, 5.41) is 3.27. The van der Waals surface area contributed by atoms with Gasteiger partial charge in [-0.05, 0) is 80.6 Å². The lowest BCUT2D eigenvalue weighted by Gasteiger charge is -2.42. The minimum absolute atomic E-state index is 0.160. The molecular weight excluding hydrogens is 486 g/mol. The van der Waals surface area contributed by atoms with Crippen LogP contribution in [0, 0.1) is 6.92 Å². The van der Waals surface area contributed by atoms with Gasteiger partial charge in [0, 0.05) is 62.5 Å². The summed E-state index contributed by atoms with van der Waals surface area (Å²) in [6.45, 7) is 7.58. The Morgan fingerprint density at radius 3 is 2.59 bits per heavy atom. The zero-order valence-corrected chi connectivity index (χ0v) is 22.6. The van der Waals surface area contributed by atoms with Crippen LogP contribution in [0.25, 0.3) is 0 Å². The second-order valence-electron chi connectivity index (χ2n) is 9.64. The molecule has 1 aliphatic heterocycles. The zero-order chi connectivity index (χ0) is 26.2. The first-order chi connectivity index (χ1) is 18.0. The Morgan fingerprint density at radius 1 is 1.19 bits per heavy atom. The van der Waals surface area contributed by atoms with Crippen molar-refractivity contribution in [3.8, 4) is 5.75 Å². The number of aromatic nitrogens is 2. The van der Waals surface area contributed by atoms with Crippen molar-refractivity contribution in [3.63, 3.8) is 0 Å². The van der Waals surface area contributed by atoms with E-state index in [4.69, 9.17) is 16.3 Å².